The summed E-state index contributed by atoms with van der Waals surface area (Å²) in [5, 5.41) is 9.18. The molecule has 3 nitrogen and oxygen atoms in total. The van der Waals surface area contributed by atoms with Gasteiger partial charge in [-0.1, -0.05) is 25.4 Å². The van der Waals surface area contributed by atoms with Gasteiger partial charge in [0, 0.05) is 6.07 Å². The summed E-state index contributed by atoms with van der Waals surface area (Å²) in [4.78, 5) is 4.11. The Labute approximate surface area is 113 Å². The lowest BCUT2D eigenvalue weighted by atomic mass is 9.80. The Kier molecular flexibility index (Phi) is 4.08. The summed E-state index contributed by atoms with van der Waals surface area (Å²) in [6, 6.07) is 5.25. The smallest absolute Gasteiger partial charge is 0.216 e. The summed E-state index contributed by atoms with van der Waals surface area (Å²) in [6.07, 6.45) is 3.45. The van der Waals surface area contributed by atoms with E-state index >= 15 is 0 Å². The quantitative estimate of drug-likeness (QED) is 0.763. The Morgan fingerprint density at radius 3 is 2.78 bits per heavy atom. The molecule has 1 aliphatic rings. The second kappa shape index (κ2) is 5.58. The van der Waals surface area contributed by atoms with Crippen molar-refractivity contribution < 1.29 is 4.74 Å². The standard InChI is InChI=1S/C14H17ClN2O/c1-9-3-4-12(5-10(9)2)18-14-7-11(8-16)6-13(15)17-14/h6-7,9-10,12H,3-5H2,1-2H3. The minimum atomic E-state index is 0.189. The highest BCUT2D eigenvalue weighted by atomic mass is 35.5. The van der Waals surface area contributed by atoms with Crippen molar-refractivity contribution in [2.24, 2.45) is 11.8 Å². The summed E-state index contributed by atoms with van der Waals surface area (Å²) in [6.45, 7) is 4.54. The number of hydrogen-bond acceptors (Lipinski definition) is 3. The molecule has 0 N–H and O–H groups in total. The number of pyridine rings is 1. The van der Waals surface area contributed by atoms with Crippen molar-refractivity contribution in [3.63, 3.8) is 0 Å². The van der Waals surface area contributed by atoms with Crippen LogP contribution in [0.2, 0.25) is 5.15 Å². The van der Waals surface area contributed by atoms with E-state index in [-0.39, 0.29) is 6.10 Å². The van der Waals surface area contributed by atoms with Crippen LogP contribution in [0.15, 0.2) is 12.1 Å². The molecule has 1 aromatic heterocycles. The summed E-state index contributed by atoms with van der Waals surface area (Å²) < 4.78 is 5.85. The number of ether oxygens (including phenoxy) is 1. The lowest BCUT2D eigenvalue weighted by molar-refractivity contribution is 0.0965. The molecule has 3 atom stereocenters. The largest absolute Gasteiger partial charge is 0.474 e. The van der Waals surface area contributed by atoms with Crippen molar-refractivity contribution in [2.75, 3.05) is 0 Å². The second-order valence-electron chi connectivity index (χ2n) is 5.14. The number of nitriles is 1. The first kappa shape index (κ1) is 13.2. The molecule has 0 radical (unpaired) electrons. The minimum absolute atomic E-state index is 0.189. The van der Waals surface area contributed by atoms with Gasteiger partial charge in [-0.2, -0.15) is 5.26 Å². The highest BCUT2D eigenvalue weighted by Gasteiger charge is 2.26. The van der Waals surface area contributed by atoms with Gasteiger partial charge in [-0.25, -0.2) is 4.98 Å². The van der Waals surface area contributed by atoms with Gasteiger partial charge in [0.05, 0.1) is 11.6 Å². The summed E-state index contributed by atoms with van der Waals surface area (Å²) in [5.41, 5.74) is 0.488. The van der Waals surface area contributed by atoms with E-state index in [4.69, 9.17) is 21.6 Å². The van der Waals surface area contributed by atoms with E-state index in [1.807, 2.05) is 0 Å². The van der Waals surface area contributed by atoms with Crippen LogP contribution in [-0.2, 0) is 0 Å². The van der Waals surface area contributed by atoms with Crippen molar-refractivity contribution in [1.82, 2.24) is 4.98 Å². The molecule has 4 heteroatoms. The van der Waals surface area contributed by atoms with E-state index in [0.29, 0.717) is 22.5 Å². The van der Waals surface area contributed by atoms with E-state index in [0.717, 1.165) is 18.8 Å². The maximum absolute atomic E-state index is 8.88. The molecule has 96 valence electrons. The molecule has 0 bridgehead atoms. The molecule has 1 fully saturated rings. The molecule has 3 unspecified atom stereocenters. The van der Waals surface area contributed by atoms with Gasteiger partial charge in [0.2, 0.25) is 5.88 Å². The highest BCUT2D eigenvalue weighted by Crippen LogP contribution is 2.31. The van der Waals surface area contributed by atoms with Gasteiger partial charge in [-0.3, -0.25) is 0 Å². The van der Waals surface area contributed by atoms with Gasteiger partial charge in [0.25, 0.3) is 0 Å². The van der Waals surface area contributed by atoms with Gasteiger partial charge < -0.3 is 4.74 Å². The van der Waals surface area contributed by atoms with Gasteiger partial charge in [-0.15, -0.1) is 0 Å². The first-order valence-electron chi connectivity index (χ1n) is 6.33. The lowest BCUT2D eigenvalue weighted by Gasteiger charge is -2.31. The number of halogens is 1. The van der Waals surface area contributed by atoms with Crippen molar-refractivity contribution in [3.05, 3.63) is 22.8 Å². The molecule has 1 aromatic rings. The van der Waals surface area contributed by atoms with E-state index in [2.05, 4.69) is 24.9 Å². The van der Waals surface area contributed by atoms with E-state index in [1.165, 1.54) is 6.42 Å². The van der Waals surface area contributed by atoms with Crippen molar-refractivity contribution in [3.8, 4) is 11.9 Å². The average Bonchev–Trinajstić information content (AvgIpc) is 2.33. The minimum Gasteiger partial charge on any atom is -0.474 e. The van der Waals surface area contributed by atoms with Gasteiger partial charge in [-0.05, 0) is 37.2 Å². The third kappa shape index (κ3) is 3.14. The molecule has 1 saturated carbocycles. The van der Waals surface area contributed by atoms with Gasteiger partial charge in [0.15, 0.2) is 0 Å². The van der Waals surface area contributed by atoms with Crippen LogP contribution in [0.25, 0.3) is 0 Å². The maximum Gasteiger partial charge on any atom is 0.216 e. The Hall–Kier alpha value is -1.27. The molecule has 1 aliphatic carbocycles. The third-order valence-electron chi connectivity index (χ3n) is 3.74. The zero-order chi connectivity index (χ0) is 13.1. The summed E-state index contributed by atoms with van der Waals surface area (Å²) in [5.74, 6) is 1.89. The molecule has 2 rings (SSSR count). The predicted molar refractivity (Wildman–Crippen MR) is 70.6 cm³/mol. The molecule has 0 aliphatic heterocycles. The highest BCUT2D eigenvalue weighted by molar-refractivity contribution is 6.29. The fourth-order valence-electron chi connectivity index (χ4n) is 2.37. The third-order valence-corrected chi connectivity index (χ3v) is 3.93. The van der Waals surface area contributed by atoms with E-state index in [9.17, 15) is 0 Å². The van der Waals surface area contributed by atoms with Crippen molar-refractivity contribution >= 4 is 11.6 Å². The maximum atomic E-state index is 8.88. The number of aromatic nitrogens is 1. The van der Waals surface area contributed by atoms with Gasteiger partial charge in [0.1, 0.15) is 11.3 Å². The summed E-state index contributed by atoms with van der Waals surface area (Å²) >= 11 is 5.86. The number of nitrogens with zero attached hydrogens (tertiary/aromatic N) is 2. The topological polar surface area (TPSA) is 45.9 Å². The zero-order valence-electron chi connectivity index (χ0n) is 10.7. The molecular formula is C14H17ClN2O. The fourth-order valence-corrected chi connectivity index (χ4v) is 2.57. The first-order valence-corrected chi connectivity index (χ1v) is 6.70. The normalized spacial score (nSPS) is 27.6. The fraction of sp³-hybridized carbons (Fsp3) is 0.571. The van der Waals surface area contributed by atoms with Crippen LogP contribution < -0.4 is 4.74 Å². The van der Waals surface area contributed by atoms with Crippen LogP contribution >= 0.6 is 11.6 Å². The average molecular weight is 265 g/mol. The first-order chi connectivity index (χ1) is 8.58. The zero-order valence-corrected chi connectivity index (χ0v) is 11.4. The SMILES string of the molecule is CC1CCC(Oc2cc(C#N)cc(Cl)n2)CC1C. The van der Waals surface area contributed by atoms with Crippen molar-refractivity contribution in [1.29, 1.82) is 5.26 Å². The molecule has 0 spiro atoms. The van der Waals surface area contributed by atoms with E-state index in [1.54, 1.807) is 12.1 Å². The molecule has 1 heterocycles. The molecule has 0 amide bonds. The van der Waals surface area contributed by atoms with Crippen LogP contribution in [0.4, 0.5) is 0 Å². The predicted octanol–water partition coefficient (Wildman–Crippen LogP) is 3.81. The van der Waals surface area contributed by atoms with E-state index < -0.39 is 0 Å². The van der Waals surface area contributed by atoms with Crippen LogP contribution in [0.3, 0.4) is 0 Å². The van der Waals surface area contributed by atoms with Crippen LogP contribution in [-0.4, -0.2) is 11.1 Å². The molecule has 0 aromatic carbocycles. The molecular weight excluding hydrogens is 248 g/mol. The molecule has 18 heavy (non-hydrogen) atoms. The molecule has 0 saturated heterocycles. The lowest BCUT2D eigenvalue weighted by Crippen LogP contribution is -2.29. The van der Waals surface area contributed by atoms with Crippen molar-refractivity contribution in [2.45, 2.75) is 39.2 Å². The Bertz CT molecular complexity index is 469. The van der Waals surface area contributed by atoms with Crippen LogP contribution in [0.1, 0.15) is 38.7 Å². The van der Waals surface area contributed by atoms with Crippen LogP contribution in [0.5, 0.6) is 5.88 Å². The Morgan fingerprint density at radius 1 is 1.33 bits per heavy atom. The Morgan fingerprint density at radius 2 is 2.11 bits per heavy atom. The summed E-state index contributed by atoms with van der Waals surface area (Å²) in [7, 11) is 0. The Balaban J connectivity index is 2.06. The number of rotatable bonds is 2. The van der Waals surface area contributed by atoms with Gasteiger partial charge >= 0.3 is 0 Å². The monoisotopic (exact) mass is 264 g/mol. The second-order valence-corrected chi connectivity index (χ2v) is 5.52. The number of hydrogen-bond donors (Lipinski definition) is 0. The van der Waals surface area contributed by atoms with Crippen LogP contribution in [0, 0.1) is 23.2 Å².